The molecule has 2 N–H and O–H groups in total. The van der Waals surface area contributed by atoms with Crippen LogP contribution in [0.25, 0.3) is 0 Å². The zero-order valence-electron chi connectivity index (χ0n) is 9.90. The van der Waals surface area contributed by atoms with Crippen LogP contribution in [0.2, 0.25) is 0 Å². The van der Waals surface area contributed by atoms with Crippen molar-refractivity contribution in [2.24, 2.45) is 0 Å². The number of rotatable bonds is 6. The van der Waals surface area contributed by atoms with Gasteiger partial charge in [-0.2, -0.15) is 0 Å². The van der Waals surface area contributed by atoms with Crippen LogP contribution in [0.3, 0.4) is 0 Å². The average Bonchev–Trinajstić information content (AvgIpc) is 2.29. The van der Waals surface area contributed by atoms with Crippen LogP contribution in [0, 0.1) is 5.82 Å². The second-order valence-corrected chi connectivity index (χ2v) is 3.50. The summed E-state index contributed by atoms with van der Waals surface area (Å²) >= 11 is 0. The molecule has 1 amide bonds. The highest BCUT2D eigenvalue weighted by Gasteiger charge is 2.10. The van der Waals surface area contributed by atoms with Crippen LogP contribution in [0.1, 0.15) is 23.7 Å². The minimum Gasteiger partial charge on any atom is -0.493 e. The van der Waals surface area contributed by atoms with E-state index in [4.69, 9.17) is 9.84 Å². The van der Waals surface area contributed by atoms with Crippen molar-refractivity contribution in [1.82, 2.24) is 5.32 Å². The molecule has 0 fully saturated rings. The van der Waals surface area contributed by atoms with E-state index in [1.807, 2.05) is 0 Å². The summed E-state index contributed by atoms with van der Waals surface area (Å²) in [4.78, 5) is 21.7. The lowest BCUT2D eigenvalue weighted by Crippen LogP contribution is -2.24. The molecule has 0 bridgehead atoms. The smallest absolute Gasteiger partial charge is 0.338 e. The predicted molar refractivity (Wildman–Crippen MR) is 62.2 cm³/mol. The van der Waals surface area contributed by atoms with Crippen molar-refractivity contribution in [2.45, 2.75) is 13.3 Å². The first-order chi connectivity index (χ1) is 8.54. The first kappa shape index (κ1) is 14.0. The number of carboxylic acids is 1. The van der Waals surface area contributed by atoms with Gasteiger partial charge in [0.2, 0.25) is 5.91 Å². The Balaban J connectivity index is 2.51. The molecule has 1 rings (SSSR count). The summed E-state index contributed by atoms with van der Waals surface area (Å²) in [5, 5.41) is 11.2. The summed E-state index contributed by atoms with van der Waals surface area (Å²) in [6.07, 6.45) is 0.163. The Morgan fingerprint density at radius 2 is 2.17 bits per heavy atom. The number of carboxylic acid groups (broad SMARTS) is 1. The van der Waals surface area contributed by atoms with Crippen molar-refractivity contribution in [2.75, 3.05) is 13.2 Å². The number of hydrogen-bond acceptors (Lipinski definition) is 3. The van der Waals surface area contributed by atoms with E-state index >= 15 is 0 Å². The molecule has 18 heavy (non-hydrogen) atoms. The number of benzene rings is 1. The van der Waals surface area contributed by atoms with Gasteiger partial charge in [-0.15, -0.1) is 0 Å². The number of ether oxygens (including phenoxy) is 1. The monoisotopic (exact) mass is 255 g/mol. The number of amides is 1. The molecule has 6 heteroatoms. The Bertz CT molecular complexity index is 448. The van der Waals surface area contributed by atoms with Crippen molar-refractivity contribution in [3.63, 3.8) is 0 Å². The summed E-state index contributed by atoms with van der Waals surface area (Å²) in [5.41, 5.74) is -0.411. The molecule has 0 saturated heterocycles. The molecule has 5 nitrogen and oxygen atoms in total. The third kappa shape index (κ3) is 4.04. The van der Waals surface area contributed by atoms with Gasteiger partial charge in [0.25, 0.3) is 0 Å². The van der Waals surface area contributed by atoms with E-state index in [0.29, 0.717) is 6.54 Å². The van der Waals surface area contributed by atoms with E-state index in [2.05, 4.69) is 5.32 Å². The van der Waals surface area contributed by atoms with Gasteiger partial charge in [0.15, 0.2) is 0 Å². The molecule has 98 valence electrons. The SMILES string of the molecule is CCNC(=O)CCOc1ccc(C(=O)O)c(F)c1. The zero-order valence-corrected chi connectivity index (χ0v) is 9.90. The molecule has 0 radical (unpaired) electrons. The quantitative estimate of drug-likeness (QED) is 0.806. The Morgan fingerprint density at radius 3 is 2.72 bits per heavy atom. The maximum absolute atomic E-state index is 13.3. The summed E-state index contributed by atoms with van der Waals surface area (Å²) in [7, 11) is 0. The molecule has 0 aliphatic rings. The molecule has 0 unspecified atom stereocenters. The van der Waals surface area contributed by atoms with E-state index in [-0.39, 0.29) is 24.7 Å². The topological polar surface area (TPSA) is 75.6 Å². The lowest BCUT2D eigenvalue weighted by atomic mass is 10.2. The number of carbonyl (C=O) groups excluding carboxylic acids is 1. The fourth-order valence-corrected chi connectivity index (χ4v) is 1.31. The van der Waals surface area contributed by atoms with Crippen LogP contribution in [-0.4, -0.2) is 30.1 Å². The van der Waals surface area contributed by atoms with Crippen molar-refractivity contribution in [3.05, 3.63) is 29.6 Å². The van der Waals surface area contributed by atoms with Crippen molar-refractivity contribution >= 4 is 11.9 Å². The molecule has 0 aromatic heterocycles. The largest absolute Gasteiger partial charge is 0.493 e. The lowest BCUT2D eigenvalue weighted by molar-refractivity contribution is -0.121. The van der Waals surface area contributed by atoms with Crippen molar-refractivity contribution < 1.29 is 23.8 Å². The van der Waals surface area contributed by atoms with Gasteiger partial charge in [0.1, 0.15) is 11.6 Å². The first-order valence-corrected chi connectivity index (χ1v) is 5.47. The van der Waals surface area contributed by atoms with E-state index in [9.17, 15) is 14.0 Å². The second-order valence-electron chi connectivity index (χ2n) is 3.50. The van der Waals surface area contributed by atoms with Gasteiger partial charge in [-0.1, -0.05) is 0 Å². The third-order valence-corrected chi connectivity index (χ3v) is 2.14. The number of carbonyl (C=O) groups is 2. The summed E-state index contributed by atoms with van der Waals surface area (Å²) in [5.74, 6) is -2.15. The van der Waals surface area contributed by atoms with E-state index in [1.165, 1.54) is 6.07 Å². The van der Waals surface area contributed by atoms with Crippen LogP contribution in [0.15, 0.2) is 18.2 Å². The summed E-state index contributed by atoms with van der Waals surface area (Å²) < 4.78 is 18.4. The van der Waals surface area contributed by atoms with Gasteiger partial charge >= 0.3 is 5.97 Å². The van der Waals surface area contributed by atoms with E-state index < -0.39 is 17.3 Å². The average molecular weight is 255 g/mol. The molecule has 1 aromatic rings. The van der Waals surface area contributed by atoms with Crippen molar-refractivity contribution in [3.8, 4) is 5.75 Å². The maximum atomic E-state index is 13.3. The molecular formula is C12H14FNO4. The number of hydrogen-bond donors (Lipinski definition) is 2. The molecule has 0 atom stereocenters. The van der Waals surface area contributed by atoms with E-state index in [0.717, 1.165) is 12.1 Å². The number of nitrogens with one attached hydrogen (secondary N) is 1. The van der Waals surface area contributed by atoms with Gasteiger partial charge in [0.05, 0.1) is 18.6 Å². The van der Waals surface area contributed by atoms with Gasteiger partial charge in [-0.05, 0) is 19.1 Å². The number of halogens is 1. The van der Waals surface area contributed by atoms with Gasteiger partial charge < -0.3 is 15.2 Å². The Morgan fingerprint density at radius 1 is 1.44 bits per heavy atom. The number of aromatic carboxylic acids is 1. The molecular weight excluding hydrogens is 241 g/mol. The normalized spacial score (nSPS) is 9.89. The maximum Gasteiger partial charge on any atom is 0.338 e. The van der Waals surface area contributed by atoms with Crippen molar-refractivity contribution in [1.29, 1.82) is 0 Å². The fraction of sp³-hybridized carbons (Fsp3) is 0.333. The summed E-state index contributed by atoms with van der Waals surface area (Å²) in [6.45, 7) is 2.46. The van der Waals surface area contributed by atoms with Crippen LogP contribution in [0.4, 0.5) is 4.39 Å². The zero-order chi connectivity index (χ0) is 13.5. The second kappa shape index (κ2) is 6.58. The van der Waals surface area contributed by atoms with Gasteiger partial charge in [-0.3, -0.25) is 4.79 Å². The molecule has 0 aliphatic heterocycles. The highest BCUT2D eigenvalue weighted by molar-refractivity contribution is 5.88. The highest BCUT2D eigenvalue weighted by Crippen LogP contribution is 2.16. The van der Waals surface area contributed by atoms with Crippen LogP contribution >= 0.6 is 0 Å². The minimum absolute atomic E-state index is 0.109. The lowest BCUT2D eigenvalue weighted by Gasteiger charge is -2.07. The Labute approximate surface area is 104 Å². The molecule has 0 saturated carbocycles. The Kier molecular flexibility index (Phi) is 5.10. The minimum atomic E-state index is -1.33. The Hall–Kier alpha value is -2.11. The molecule has 1 aromatic carbocycles. The van der Waals surface area contributed by atoms with Crippen LogP contribution < -0.4 is 10.1 Å². The summed E-state index contributed by atoms with van der Waals surface area (Å²) in [6, 6.07) is 3.46. The fourth-order valence-electron chi connectivity index (χ4n) is 1.31. The van der Waals surface area contributed by atoms with E-state index in [1.54, 1.807) is 6.92 Å². The molecule has 0 aliphatic carbocycles. The first-order valence-electron chi connectivity index (χ1n) is 5.47. The highest BCUT2D eigenvalue weighted by atomic mass is 19.1. The van der Waals surface area contributed by atoms with Gasteiger partial charge in [-0.25, -0.2) is 9.18 Å². The van der Waals surface area contributed by atoms with Gasteiger partial charge in [0, 0.05) is 12.6 Å². The van der Waals surface area contributed by atoms with Crippen LogP contribution in [-0.2, 0) is 4.79 Å². The molecule has 0 spiro atoms. The third-order valence-electron chi connectivity index (χ3n) is 2.14. The molecule has 0 heterocycles. The predicted octanol–water partition coefficient (Wildman–Crippen LogP) is 1.43. The van der Waals surface area contributed by atoms with Crippen LogP contribution in [0.5, 0.6) is 5.75 Å². The standard InChI is InChI=1S/C12H14FNO4/c1-2-14-11(15)5-6-18-8-3-4-9(12(16)17)10(13)7-8/h3-4,7H,2,5-6H2,1H3,(H,14,15)(H,16,17).